The molecule has 21 heavy (non-hydrogen) atoms. The second kappa shape index (κ2) is 8.20. The number of amides is 1. The van der Waals surface area contributed by atoms with E-state index in [4.69, 9.17) is 5.73 Å². The van der Waals surface area contributed by atoms with Crippen molar-refractivity contribution >= 4 is 34.2 Å². The number of hydrogen-bond acceptors (Lipinski definition) is 2. The summed E-state index contributed by atoms with van der Waals surface area (Å²) in [6.07, 6.45) is 2.79. The average Bonchev–Trinajstić information content (AvgIpc) is 2.70. The molecule has 1 rings (SSSR count). The van der Waals surface area contributed by atoms with Gasteiger partial charge in [-0.2, -0.15) is 0 Å². The largest absolute Gasteiger partial charge is 0.344 e. The molecule has 0 saturated carbocycles. The summed E-state index contributed by atoms with van der Waals surface area (Å²) in [5, 5.41) is 3.09. The molecule has 0 radical (unpaired) electrons. The standard InChI is InChI=1S/C15H26BrN3O.ClH/c1-10(2)7-15(5,9-17)18-14(20)13-6-12(16)8-19(13)11(3)4;/h6,8,10-11H,7,9,17H2,1-5H3,(H,18,20);1H. The number of halogens is 2. The van der Waals surface area contributed by atoms with Crippen LogP contribution in [0.3, 0.4) is 0 Å². The Morgan fingerprint density at radius 2 is 2.00 bits per heavy atom. The topological polar surface area (TPSA) is 60.0 Å². The fourth-order valence-corrected chi connectivity index (χ4v) is 2.92. The lowest BCUT2D eigenvalue weighted by Gasteiger charge is -2.31. The molecule has 0 saturated heterocycles. The Bertz CT molecular complexity index is 473. The summed E-state index contributed by atoms with van der Waals surface area (Å²) in [5.41, 5.74) is 6.15. The highest BCUT2D eigenvalue weighted by Gasteiger charge is 2.27. The molecule has 0 aliphatic rings. The zero-order chi connectivity index (χ0) is 15.5. The monoisotopic (exact) mass is 379 g/mol. The Hall–Kier alpha value is -0.520. The highest BCUT2D eigenvalue weighted by molar-refractivity contribution is 9.10. The van der Waals surface area contributed by atoms with Crippen LogP contribution in [0.5, 0.6) is 0 Å². The molecule has 0 spiro atoms. The van der Waals surface area contributed by atoms with Gasteiger partial charge >= 0.3 is 0 Å². The minimum atomic E-state index is -0.371. The number of carbonyl (C=O) groups is 1. The lowest BCUT2D eigenvalue weighted by atomic mass is 9.90. The minimum Gasteiger partial charge on any atom is -0.344 e. The van der Waals surface area contributed by atoms with E-state index >= 15 is 0 Å². The summed E-state index contributed by atoms with van der Waals surface area (Å²) >= 11 is 3.43. The summed E-state index contributed by atoms with van der Waals surface area (Å²) in [6.45, 7) is 10.8. The van der Waals surface area contributed by atoms with Crippen LogP contribution in [0.25, 0.3) is 0 Å². The molecule has 1 amide bonds. The maximum absolute atomic E-state index is 12.5. The third-order valence-electron chi connectivity index (χ3n) is 3.33. The molecule has 3 N–H and O–H groups in total. The van der Waals surface area contributed by atoms with E-state index < -0.39 is 0 Å². The maximum Gasteiger partial charge on any atom is 0.268 e. The van der Waals surface area contributed by atoms with Crippen LogP contribution in [0.4, 0.5) is 0 Å². The molecule has 1 aromatic rings. The van der Waals surface area contributed by atoms with Gasteiger partial charge < -0.3 is 15.6 Å². The van der Waals surface area contributed by atoms with Gasteiger partial charge in [0.25, 0.3) is 5.91 Å². The lowest BCUT2D eigenvalue weighted by molar-refractivity contribution is 0.0887. The van der Waals surface area contributed by atoms with Crippen LogP contribution in [-0.2, 0) is 0 Å². The van der Waals surface area contributed by atoms with Crippen molar-refractivity contribution in [2.75, 3.05) is 6.54 Å². The van der Waals surface area contributed by atoms with Gasteiger partial charge in [0.1, 0.15) is 5.69 Å². The van der Waals surface area contributed by atoms with Crippen molar-refractivity contribution in [3.8, 4) is 0 Å². The van der Waals surface area contributed by atoms with Gasteiger partial charge in [-0.05, 0) is 55.1 Å². The molecule has 1 aromatic heterocycles. The fraction of sp³-hybridized carbons (Fsp3) is 0.667. The van der Waals surface area contributed by atoms with Gasteiger partial charge in [-0.15, -0.1) is 12.4 Å². The summed E-state index contributed by atoms with van der Waals surface area (Å²) < 4.78 is 2.88. The van der Waals surface area contributed by atoms with Crippen LogP contribution in [0, 0.1) is 5.92 Å². The van der Waals surface area contributed by atoms with Crippen molar-refractivity contribution in [2.45, 2.75) is 52.6 Å². The van der Waals surface area contributed by atoms with Gasteiger partial charge in [-0.25, -0.2) is 0 Å². The molecule has 4 nitrogen and oxygen atoms in total. The van der Waals surface area contributed by atoms with E-state index in [1.165, 1.54) is 0 Å². The summed E-state index contributed by atoms with van der Waals surface area (Å²) in [4.78, 5) is 12.5. The third kappa shape index (κ3) is 5.64. The molecule has 0 aliphatic heterocycles. The van der Waals surface area contributed by atoms with Crippen LogP contribution >= 0.6 is 28.3 Å². The molecule has 1 unspecified atom stereocenters. The zero-order valence-electron chi connectivity index (χ0n) is 13.4. The summed E-state index contributed by atoms with van der Waals surface area (Å²) in [6, 6.07) is 2.08. The van der Waals surface area contributed by atoms with Gasteiger partial charge in [0.15, 0.2) is 0 Å². The molecule has 1 heterocycles. The molecule has 1 atom stereocenters. The second-order valence-electron chi connectivity index (χ2n) is 6.36. The summed E-state index contributed by atoms with van der Waals surface area (Å²) in [7, 11) is 0. The number of aromatic nitrogens is 1. The van der Waals surface area contributed by atoms with Crippen LogP contribution in [-0.4, -0.2) is 22.6 Å². The van der Waals surface area contributed by atoms with Crippen LogP contribution in [0.2, 0.25) is 0 Å². The highest BCUT2D eigenvalue weighted by Crippen LogP contribution is 2.21. The van der Waals surface area contributed by atoms with E-state index in [9.17, 15) is 4.79 Å². The first-order valence-electron chi connectivity index (χ1n) is 7.08. The molecule has 0 bridgehead atoms. The van der Waals surface area contributed by atoms with E-state index in [-0.39, 0.29) is 29.9 Å². The van der Waals surface area contributed by atoms with Crippen LogP contribution in [0.15, 0.2) is 16.7 Å². The van der Waals surface area contributed by atoms with Gasteiger partial charge in [-0.3, -0.25) is 4.79 Å². The van der Waals surface area contributed by atoms with Gasteiger partial charge in [0.2, 0.25) is 0 Å². The lowest BCUT2D eigenvalue weighted by Crippen LogP contribution is -2.52. The van der Waals surface area contributed by atoms with E-state index in [1.54, 1.807) is 0 Å². The van der Waals surface area contributed by atoms with E-state index in [1.807, 2.05) is 23.8 Å². The summed E-state index contributed by atoms with van der Waals surface area (Å²) in [5.74, 6) is 0.408. The number of nitrogens with zero attached hydrogens (tertiary/aromatic N) is 1. The number of hydrogen-bond donors (Lipinski definition) is 2. The van der Waals surface area contributed by atoms with E-state index in [0.29, 0.717) is 18.2 Å². The SMILES string of the molecule is CC(C)CC(C)(CN)NC(=O)c1cc(Br)cn1C(C)C.Cl. The van der Waals surface area contributed by atoms with Crippen LogP contribution < -0.4 is 11.1 Å². The van der Waals surface area contributed by atoms with Gasteiger partial charge in [0.05, 0.1) is 5.54 Å². The zero-order valence-corrected chi connectivity index (χ0v) is 15.8. The first-order valence-corrected chi connectivity index (χ1v) is 7.88. The smallest absolute Gasteiger partial charge is 0.268 e. The highest BCUT2D eigenvalue weighted by atomic mass is 79.9. The first-order chi connectivity index (χ1) is 9.18. The Morgan fingerprint density at radius 1 is 1.43 bits per heavy atom. The quantitative estimate of drug-likeness (QED) is 0.789. The van der Waals surface area contributed by atoms with Crippen molar-refractivity contribution in [3.05, 3.63) is 22.4 Å². The van der Waals surface area contributed by atoms with Crippen molar-refractivity contribution in [2.24, 2.45) is 11.7 Å². The Balaban J connectivity index is 0.00000400. The Labute approximate surface area is 142 Å². The maximum atomic E-state index is 12.5. The Morgan fingerprint density at radius 3 is 2.43 bits per heavy atom. The molecular weight excluding hydrogens is 354 g/mol. The number of rotatable bonds is 6. The van der Waals surface area contributed by atoms with E-state index in [0.717, 1.165) is 10.9 Å². The molecule has 6 heteroatoms. The van der Waals surface area contributed by atoms with Gasteiger partial charge in [-0.1, -0.05) is 13.8 Å². The molecule has 0 aliphatic carbocycles. The number of nitrogens with one attached hydrogen (secondary N) is 1. The Kier molecular flexibility index (Phi) is 8.00. The number of nitrogens with two attached hydrogens (primary N) is 1. The molecule has 0 aromatic carbocycles. The molecule has 122 valence electrons. The van der Waals surface area contributed by atoms with Crippen molar-refractivity contribution < 1.29 is 4.79 Å². The predicted molar refractivity (Wildman–Crippen MR) is 94.1 cm³/mol. The predicted octanol–water partition coefficient (Wildman–Crippen LogP) is 3.75. The third-order valence-corrected chi connectivity index (χ3v) is 3.76. The number of carbonyl (C=O) groups excluding carboxylic acids is 1. The second-order valence-corrected chi connectivity index (χ2v) is 7.28. The van der Waals surface area contributed by atoms with Crippen molar-refractivity contribution in [1.82, 2.24) is 9.88 Å². The first kappa shape index (κ1) is 20.5. The van der Waals surface area contributed by atoms with Crippen molar-refractivity contribution in [1.29, 1.82) is 0 Å². The minimum absolute atomic E-state index is 0. The normalized spacial score (nSPS) is 14.0. The average molecular weight is 381 g/mol. The van der Waals surface area contributed by atoms with Crippen molar-refractivity contribution in [3.63, 3.8) is 0 Å². The van der Waals surface area contributed by atoms with E-state index in [2.05, 4.69) is 48.9 Å². The molecular formula is C15H27BrClN3O. The fourth-order valence-electron chi connectivity index (χ4n) is 2.48. The van der Waals surface area contributed by atoms with Gasteiger partial charge in [0, 0.05) is 23.3 Å². The van der Waals surface area contributed by atoms with Crippen LogP contribution in [0.1, 0.15) is 57.6 Å². The molecule has 0 fully saturated rings.